The van der Waals surface area contributed by atoms with E-state index in [1.807, 2.05) is 0 Å². The van der Waals surface area contributed by atoms with Crippen LogP contribution >= 0.6 is 0 Å². The molecule has 0 saturated carbocycles. The molecule has 0 aliphatic carbocycles. The molecule has 4 unspecified atom stereocenters. The lowest BCUT2D eigenvalue weighted by Crippen LogP contribution is -2.38. The Morgan fingerprint density at radius 1 is 0.811 bits per heavy atom. The van der Waals surface area contributed by atoms with Crippen LogP contribution in [0.5, 0.6) is 0 Å². The van der Waals surface area contributed by atoms with Crippen LogP contribution in [-0.4, -0.2) is 126 Å². The molecule has 2 heterocycles. The second-order valence-corrected chi connectivity index (χ2v) is 7.70. The number of carbonyl (C=O) groups is 2. The summed E-state index contributed by atoms with van der Waals surface area (Å²) in [6.45, 7) is 3.47. The molecule has 16 nitrogen and oxygen atoms in total. The summed E-state index contributed by atoms with van der Waals surface area (Å²) in [5, 5.41) is 47.5. The van der Waals surface area contributed by atoms with Crippen molar-refractivity contribution in [2.45, 2.75) is 70.9 Å². The first-order valence-electron chi connectivity index (χ1n) is 11.8. The van der Waals surface area contributed by atoms with Gasteiger partial charge in [0.15, 0.2) is 5.78 Å². The molecular weight excluding hydrogens is 504 g/mol. The SMILES string of the molecule is CC(=O)COCO.CCCOC.O=C(COCOCCOON1C(O)CCC1O)ON1C(O)CCC1O. The topological polar surface area (TPSA) is 206 Å². The second kappa shape index (κ2) is 22.6. The molecular formula is C21H42N2O14. The number of Topliss-reactive ketones (excluding diaryl/α,β-unsaturated/α-hetero) is 1. The van der Waals surface area contributed by atoms with Gasteiger partial charge in [-0.25, -0.2) is 9.68 Å². The number of carbonyl (C=O) groups excluding carboxylic acids is 2. The minimum absolute atomic E-state index is 0.00983. The largest absolute Gasteiger partial charge is 0.385 e. The van der Waals surface area contributed by atoms with E-state index in [1.165, 1.54) is 6.92 Å². The lowest BCUT2D eigenvalue weighted by atomic mass is 10.3. The highest BCUT2D eigenvalue weighted by atomic mass is 17.3. The van der Waals surface area contributed by atoms with Crippen molar-refractivity contribution in [3.63, 3.8) is 0 Å². The minimum atomic E-state index is -1.03. The van der Waals surface area contributed by atoms with Gasteiger partial charge in [-0.2, -0.15) is 0 Å². The first-order chi connectivity index (χ1) is 17.7. The molecule has 0 bridgehead atoms. The van der Waals surface area contributed by atoms with Crippen LogP contribution in [0.1, 0.15) is 46.0 Å². The zero-order chi connectivity index (χ0) is 28.1. The number of hydrogen-bond donors (Lipinski definition) is 5. The summed E-state index contributed by atoms with van der Waals surface area (Å²) in [6, 6.07) is 0. The highest BCUT2D eigenvalue weighted by molar-refractivity contribution is 5.76. The Morgan fingerprint density at radius 3 is 1.81 bits per heavy atom. The number of aliphatic hydroxyl groups is 5. The van der Waals surface area contributed by atoms with Crippen molar-refractivity contribution in [1.82, 2.24) is 10.1 Å². The third-order valence-corrected chi connectivity index (χ3v) is 4.39. The Hall–Kier alpha value is -1.38. The van der Waals surface area contributed by atoms with E-state index in [0.717, 1.165) is 23.2 Å². The van der Waals surface area contributed by atoms with Gasteiger partial charge in [0.1, 0.15) is 58.3 Å². The van der Waals surface area contributed by atoms with E-state index in [2.05, 4.69) is 11.7 Å². The normalized spacial score (nSPS) is 23.7. The fourth-order valence-electron chi connectivity index (χ4n) is 2.69. The number of nitrogens with zero attached hydrogens (tertiary/aromatic N) is 2. The summed E-state index contributed by atoms with van der Waals surface area (Å²) in [5.74, 6) is -0.853. The molecule has 4 atom stereocenters. The van der Waals surface area contributed by atoms with Crippen molar-refractivity contribution in [1.29, 1.82) is 0 Å². The Morgan fingerprint density at radius 2 is 1.38 bits per heavy atom. The maximum Gasteiger partial charge on any atom is 0.351 e. The smallest absolute Gasteiger partial charge is 0.351 e. The van der Waals surface area contributed by atoms with Crippen LogP contribution < -0.4 is 0 Å². The molecule has 220 valence electrons. The summed E-state index contributed by atoms with van der Waals surface area (Å²) in [6.07, 6.45) is -1.38. The molecule has 5 N–H and O–H groups in total. The fraction of sp³-hybridized carbons (Fsp3) is 0.905. The van der Waals surface area contributed by atoms with E-state index >= 15 is 0 Å². The zero-order valence-electron chi connectivity index (χ0n) is 21.6. The quantitative estimate of drug-likeness (QED) is 0.0675. The zero-order valence-corrected chi connectivity index (χ0v) is 21.6. The van der Waals surface area contributed by atoms with Crippen LogP contribution in [0.4, 0.5) is 0 Å². The number of hydroxylamine groups is 4. The van der Waals surface area contributed by atoms with Gasteiger partial charge >= 0.3 is 5.97 Å². The Labute approximate surface area is 215 Å². The van der Waals surface area contributed by atoms with Crippen molar-refractivity contribution in [2.75, 3.05) is 53.7 Å². The molecule has 2 saturated heterocycles. The van der Waals surface area contributed by atoms with E-state index in [4.69, 9.17) is 34.0 Å². The summed E-state index contributed by atoms with van der Waals surface area (Å²) in [4.78, 5) is 35.7. The van der Waals surface area contributed by atoms with E-state index < -0.39 is 37.5 Å². The van der Waals surface area contributed by atoms with E-state index in [-0.39, 0.29) is 39.2 Å². The molecule has 2 rings (SSSR count). The third-order valence-electron chi connectivity index (χ3n) is 4.39. The first kappa shape index (κ1) is 35.6. The van der Waals surface area contributed by atoms with Crippen molar-refractivity contribution >= 4 is 11.8 Å². The predicted molar refractivity (Wildman–Crippen MR) is 122 cm³/mol. The van der Waals surface area contributed by atoms with Crippen LogP contribution in [-0.2, 0) is 43.2 Å². The van der Waals surface area contributed by atoms with Gasteiger partial charge in [-0.3, -0.25) is 4.79 Å². The Kier molecular flexibility index (Phi) is 21.7. The number of methoxy groups -OCH3 is 1. The van der Waals surface area contributed by atoms with E-state index in [1.54, 1.807) is 7.11 Å². The highest BCUT2D eigenvalue weighted by Gasteiger charge is 2.34. The molecule has 2 aliphatic heterocycles. The molecule has 0 spiro atoms. The number of aliphatic hydroxyl groups excluding tert-OH is 5. The van der Waals surface area contributed by atoms with Gasteiger partial charge in [-0.1, -0.05) is 17.1 Å². The number of ether oxygens (including phenoxy) is 4. The van der Waals surface area contributed by atoms with Gasteiger partial charge in [0.25, 0.3) is 0 Å². The maximum absolute atomic E-state index is 11.5. The molecule has 0 aromatic heterocycles. The molecule has 2 aliphatic rings. The predicted octanol–water partition coefficient (Wildman–Crippen LogP) is -1.65. The van der Waals surface area contributed by atoms with Gasteiger partial charge in [-0.05, 0) is 39.0 Å². The van der Waals surface area contributed by atoms with Crippen LogP contribution in [0.25, 0.3) is 0 Å². The summed E-state index contributed by atoms with van der Waals surface area (Å²) < 4.78 is 18.9. The van der Waals surface area contributed by atoms with Gasteiger partial charge in [-0.15, -0.1) is 4.99 Å². The first-order valence-corrected chi connectivity index (χ1v) is 11.8. The fourth-order valence-corrected chi connectivity index (χ4v) is 2.69. The van der Waals surface area contributed by atoms with Gasteiger partial charge in [0.05, 0.1) is 6.61 Å². The molecule has 16 heteroatoms. The Bertz CT molecular complexity index is 565. The van der Waals surface area contributed by atoms with Crippen LogP contribution in [0, 0.1) is 0 Å². The second-order valence-electron chi connectivity index (χ2n) is 7.70. The molecule has 0 amide bonds. The summed E-state index contributed by atoms with van der Waals surface area (Å²) in [7, 11) is 1.71. The summed E-state index contributed by atoms with van der Waals surface area (Å²) in [5.41, 5.74) is 0. The van der Waals surface area contributed by atoms with Crippen molar-refractivity contribution in [2.24, 2.45) is 0 Å². The van der Waals surface area contributed by atoms with Gasteiger partial charge in [0, 0.05) is 13.7 Å². The van der Waals surface area contributed by atoms with Gasteiger partial charge in [0.2, 0.25) is 0 Å². The van der Waals surface area contributed by atoms with Crippen molar-refractivity contribution in [3.05, 3.63) is 0 Å². The molecule has 0 aromatic carbocycles. The van der Waals surface area contributed by atoms with E-state index in [9.17, 15) is 30.0 Å². The third kappa shape index (κ3) is 17.7. The van der Waals surface area contributed by atoms with Crippen LogP contribution in [0.2, 0.25) is 0 Å². The Balaban J connectivity index is 0.000000897. The minimum Gasteiger partial charge on any atom is -0.385 e. The lowest BCUT2D eigenvalue weighted by molar-refractivity contribution is -0.469. The highest BCUT2D eigenvalue weighted by Crippen LogP contribution is 2.21. The average molecular weight is 547 g/mol. The number of hydrogen-bond acceptors (Lipinski definition) is 16. The monoisotopic (exact) mass is 546 g/mol. The van der Waals surface area contributed by atoms with E-state index in [0.29, 0.717) is 25.7 Å². The lowest BCUT2D eigenvalue weighted by Gasteiger charge is -2.21. The number of ketones is 1. The van der Waals surface area contributed by atoms with Crippen molar-refractivity contribution < 1.29 is 68.8 Å². The molecule has 0 radical (unpaired) electrons. The van der Waals surface area contributed by atoms with Crippen LogP contribution in [0.3, 0.4) is 0 Å². The van der Waals surface area contributed by atoms with Crippen LogP contribution in [0.15, 0.2) is 0 Å². The number of rotatable bonds is 15. The molecule has 0 aromatic rings. The average Bonchev–Trinajstić information content (AvgIpc) is 3.35. The molecule has 2 fully saturated rings. The molecule has 37 heavy (non-hydrogen) atoms. The maximum atomic E-state index is 11.5. The van der Waals surface area contributed by atoms with Gasteiger partial charge < -0.3 is 49.3 Å². The summed E-state index contributed by atoms with van der Waals surface area (Å²) >= 11 is 0. The van der Waals surface area contributed by atoms with Crippen molar-refractivity contribution in [3.8, 4) is 0 Å². The standard InChI is InChI=1S/C13H24N2O10.C4H8O3.C4H10O/c16-9-1-2-10(17)14(9)24-13(20)7-22-8-21-5-6-23-25-15-11(18)3-4-12(15)19;1-4(6)2-7-3-5;1-3-4-5-2/h9-12,16-19H,1-8H2;5H,2-3H2,1H3;3-4H2,1-2H3.